The summed E-state index contributed by atoms with van der Waals surface area (Å²) in [5.41, 5.74) is 0. The third kappa shape index (κ3) is 2.84. The van der Waals surface area contributed by atoms with Gasteiger partial charge in [-0.05, 0) is 23.6 Å². The van der Waals surface area contributed by atoms with Gasteiger partial charge in [-0.25, -0.2) is 0 Å². The van der Waals surface area contributed by atoms with Crippen molar-refractivity contribution in [3.63, 3.8) is 0 Å². The van der Waals surface area contributed by atoms with Crippen LogP contribution in [0.15, 0.2) is 53.0 Å². The van der Waals surface area contributed by atoms with E-state index in [0.29, 0.717) is 6.04 Å². The summed E-state index contributed by atoms with van der Waals surface area (Å²) in [6.45, 7) is 4.79. The highest BCUT2D eigenvalue weighted by molar-refractivity contribution is 7.09. The number of quaternary nitrogens is 1. The molecule has 0 radical (unpaired) electrons. The van der Waals surface area contributed by atoms with Gasteiger partial charge in [-0.15, -0.1) is 17.9 Å². The Morgan fingerprint density at radius 3 is 3.00 bits per heavy atom. The summed E-state index contributed by atoms with van der Waals surface area (Å²) in [4.78, 5) is 1.39. The first-order valence-electron chi connectivity index (χ1n) is 5.40. The van der Waals surface area contributed by atoms with Gasteiger partial charge < -0.3 is 9.73 Å². The van der Waals surface area contributed by atoms with Crippen LogP contribution in [0.1, 0.15) is 23.1 Å². The predicted molar refractivity (Wildman–Crippen MR) is 66.2 cm³/mol. The maximum atomic E-state index is 5.44. The molecule has 0 saturated carbocycles. The summed E-state index contributed by atoms with van der Waals surface area (Å²) in [6, 6.07) is 8.55. The van der Waals surface area contributed by atoms with E-state index in [2.05, 4.69) is 29.4 Å². The highest BCUT2D eigenvalue weighted by Gasteiger charge is 2.15. The average molecular weight is 234 g/mol. The summed E-state index contributed by atoms with van der Waals surface area (Å²) in [5.74, 6) is 1.02. The molecule has 1 atom stereocenters. The Bertz CT molecular complexity index is 405. The number of thiophene rings is 1. The van der Waals surface area contributed by atoms with E-state index >= 15 is 0 Å². The lowest BCUT2D eigenvalue weighted by Crippen LogP contribution is -2.83. The van der Waals surface area contributed by atoms with Crippen molar-refractivity contribution < 1.29 is 9.73 Å². The van der Waals surface area contributed by atoms with Gasteiger partial charge in [0.1, 0.15) is 12.6 Å². The molecule has 0 bridgehead atoms. The van der Waals surface area contributed by atoms with Gasteiger partial charge in [0.2, 0.25) is 0 Å². The quantitative estimate of drug-likeness (QED) is 0.765. The second kappa shape index (κ2) is 5.68. The standard InChI is InChI=1S/C13H15NOS/c1-2-5-12(13-7-3-8-15-13)14-10-11-6-4-9-16-11/h2-4,6-9,12,14H,1,5,10H2/p+1. The number of hydrogen-bond acceptors (Lipinski definition) is 2. The van der Waals surface area contributed by atoms with Crippen LogP contribution in [0.25, 0.3) is 0 Å². The van der Waals surface area contributed by atoms with Crippen LogP contribution in [0.3, 0.4) is 0 Å². The van der Waals surface area contributed by atoms with E-state index in [1.807, 2.05) is 18.2 Å². The first-order valence-corrected chi connectivity index (χ1v) is 6.28. The van der Waals surface area contributed by atoms with E-state index in [0.717, 1.165) is 18.7 Å². The van der Waals surface area contributed by atoms with Gasteiger partial charge in [-0.2, -0.15) is 0 Å². The number of nitrogens with two attached hydrogens (primary N) is 1. The normalized spacial score (nSPS) is 12.5. The van der Waals surface area contributed by atoms with Crippen LogP contribution in [0.5, 0.6) is 0 Å². The molecule has 0 amide bonds. The molecule has 2 heterocycles. The van der Waals surface area contributed by atoms with Crippen LogP contribution in [0, 0.1) is 0 Å². The maximum absolute atomic E-state index is 5.44. The highest BCUT2D eigenvalue weighted by atomic mass is 32.1. The number of furan rings is 1. The molecule has 0 saturated heterocycles. The molecule has 0 aromatic carbocycles. The molecule has 0 aliphatic carbocycles. The zero-order chi connectivity index (χ0) is 11.2. The van der Waals surface area contributed by atoms with E-state index in [4.69, 9.17) is 4.42 Å². The van der Waals surface area contributed by atoms with Crippen molar-refractivity contribution in [3.05, 3.63) is 59.2 Å². The van der Waals surface area contributed by atoms with Crippen molar-refractivity contribution >= 4 is 11.3 Å². The molecule has 0 aliphatic heterocycles. The lowest BCUT2D eigenvalue weighted by atomic mass is 10.1. The van der Waals surface area contributed by atoms with E-state index in [-0.39, 0.29) is 0 Å². The van der Waals surface area contributed by atoms with Gasteiger partial charge in [0.15, 0.2) is 5.76 Å². The molecule has 84 valence electrons. The van der Waals surface area contributed by atoms with Crippen LogP contribution in [-0.4, -0.2) is 0 Å². The molecular weight excluding hydrogens is 218 g/mol. The van der Waals surface area contributed by atoms with Crippen LogP contribution in [0.4, 0.5) is 0 Å². The van der Waals surface area contributed by atoms with Crippen LogP contribution < -0.4 is 5.32 Å². The molecule has 16 heavy (non-hydrogen) atoms. The summed E-state index contributed by atoms with van der Waals surface area (Å²) >= 11 is 1.79. The first kappa shape index (κ1) is 11.2. The molecule has 2 rings (SSSR count). The predicted octanol–water partition coefficient (Wildman–Crippen LogP) is 2.72. The zero-order valence-corrected chi connectivity index (χ0v) is 9.95. The van der Waals surface area contributed by atoms with Crippen LogP contribution in [0.2, 0.25) is 0 Å². The van der Waals surface area contributed by atoms with Crippen LogP contribution >= 0.6 is 11.3 Å². The lowest BCUT2D eigenvalue weighted by molar-refractivity contribution is -0.711. The minimum absolute atomic E-state index is 0.342. The summed E-state index contributed by atoms with van der Waals surface area (Å²) < 4.78 is 5.44. The summed E-state index contributed by atoms with van der Waals surface area (Å²) in [5, 5.41) is 4.41. The average Bonchev–Trinajstić information content (AvgIpc) is 2.96. The third-order valence-corrected chi connectivity index (χ3v) is 3.41. The van der Waals surface area contributed by atoms with Crippen molar-refractivity contribution in [3.8, 4) is 0 Å². The van der Waals surface area contributed by atoms with Gasteiger partial charge in [-0.1, -0.05) is 12.1 Å². The third-order valence-electron chi connectivity index (χ3n) is 2.51. The van der Waals surface area contributed by atoms with Crippen LogP contribution in [-0.2, 0) is 6.54 Å². The molecule has 3 heteroatoms. The van der Waals surface area contributed by atoms with E-state index < -0.39 is 0 Å². The highest BCUT2D eigenvalue weighted by Crippen LogP contribution is 2.14. The summed E-state index contributed by atoms with van der Waals surface area (Å²) in [6.07, 6.45) is 4.60. The summed E-state index contributed by atoms with van der Waals surface area (Å²) in [7, 11) is 0. The smallest absolute Gasteiger partial charge is 0.161 e. The fraction of sp³-hybridized carbons (Fsp3) is 0.231. The largest absolute Gasteiger partial charge is 0.463 e. The van der Waals surface area contributed by atoms with Crippen molar-refractivity contribution in [2.45, 2.75) is 19.0 Å². The first-order chi connectivity index (χ1) is 7.90. The SMILES string of the molecule is C=CCC([NH2+]Cc1cccs1)c1ccco1. The zero-order valence-electron chi connectivity index (χ0n) is 9.13. The van der Waals surface area contributed by atoms with E-state index in [1.165, 1.54) is 4.88 Å². The van der Waals surface area contributed by atoms with Crippen molar-refractivity contribution in [2.24, 2.45) is 0 Å². The van der Waals surface area contributed by atoms with Gasteiger partial charge in [-0.3, -0.25) is 0 Å². The molecule has 2 N–H and O–H groups in total. The monoisotopic (exact) mass is 234 g/mol. The van der Waals surface area contributed by atoms with Gasteiger partial charge >= 0.3 is 0 Å². The van der Waals surface area contributed by atoms with Crippen molar-refractivity contribution in [1.82, 2.24) is 0 Å². The molecule has 0 fully saturated rings. The lowest BCUT2D eigenvalue weighted by Gasteiger charge is -2.10. The fourth-order valence-electron chi connectivity index (χ4n) is 1.70. The second-order valence-electron chi connectivity index (χ2n) is 3.67. The molecule has 0 spiro atoms. The van der Waals surface area contributed by atoms with Gasteiger partial charge in [0.25, 0.3) is 0 Å². The topological polar surface area (TPSA) is 29.8 Å². The van der Waals surface area contributed by atoms with Gasteiger partial charge in [0.05, 0.1) is 11.1 Å². The van der Waals surface area contributed by atoms with E-state index in [1.54, 1.807) is 17.6 Å². The molecule has 2 aromatic heterocycles. The van der Waals surface area contributed by atoms with E-state index in [9.17, 15) is 0 Å². The molecule has 2 nitrogen and oxygen atoms in total. The Labute approximate surface area is 99.6 Å². The second-order valence-corrected chi connectivity index (χ2v) is 4.70. The number of rotatable bonds is 6. The maximum Gasteiger partial charge on any atom is 0.161 e. The van der Waals surface area contributed by atoms with Crippen molar-refractivity contribution in [1.29, 1.82) is 0 Å². The fourth-order valence-corrected chi connectivity index (χ4v) is 2.38. The minimum atomic E-state index is 0.342. The molecule has 1 unspecified atom stereocenters. The minimum Gasteiger partial charge on any atom is -0.463 e. The Morgan fingerprint density at radius 2 is 2.38 bits per heavy atom. The Morgan fingerprint density at radius 1 is 1.44 bits per heavy atom. The molecular formula is C13H16NOS+. The Balaban J connectivity index is 1.95. The molecule has 0 aliphatic rings. The molecule has 2 aromatic rings. The Hall–Kier alpha value is -1.32. The van der Waals surface area contributed by atoms with Gasteiger partial charge in [0, 0.05) is 6.42 Å². The number of hydrogen-bond donors (Lipinski definition) is 1. The Kier molecular flexibility index (Phi) is 3.97. The van der Waals surface area contributed by atoms with Crippen molar-refractivity contribution in [2.75, 3.05) is 0 Å².